The summed E-state index contributed by atoms with van der Waals surface area (Å²) in [6.45, 7) is 0. The number of carbonyl (C=O) groups is 2. The van der Waals surface area contributed by atoms with Crippen LogP contribution in [0.15, 0.2) is 12.3 Å². The summed E-state index contributed by atoms with van der Waals surface area (Å²) in [5, 5.41) is 17.0. The molecule has 0 unspecified atom stereocenters. The normalized spacial score (nSPS) is 8.85. The maximum atomic E-state index is 10.5. The molecule has 13 heavy (non-hydrogen) atoms. The number of carbonyl (C=O) groups excluding carboxylic acids is 1. The standard InChI is InChI=1S/C8H4N2O3/c9-2-5-1-6(8(12)13)7(4-11)10-3-5/h1,3-4H,(H,12,13). The van der Waals surface area contributed by atoms with Crippen molar-refractivity contribution < 1.29 is 14.7 Å². The van der Waals surface area contributed by atoms with Crippen LogP contribution in [0.4, 0.5) is 0 Å². The van der Waals surface area contributed by atoms with Crippen molar-refractivity contribution in [1.82, 2.24) is 4.98 Å². The molecule has 5 heteroatoms. The van der Waals surface area contributed by atoms with E-state index >= 15 is 0 Å². The SMILES string of the molecule is N#Cc1cnc(C=O)c(C(=O)O)c1. The van der Waals surface area contributed by atoms with Gasteiger partial charge in [-0.3, -0.25) is 9.78 Å². The van der Waals surface area contributed by atoms with E-state index in [9.17, 15) is 9.59 Å². The average molecular weight is 176 g/mol. The Morgan fingerprint density at radius 3 is 2.85 bits per heavy atom. The number of nitriles is 1. The molecule has 0 fully saturated rings. The molecule has 1 aromatic rings. The van der Waals surface area contributed by atoms with Crippen molar-refractivity contribution in [3.63, 3.8) is 0 Å². The van der Waals surface area contributed by atoms with Crippen LogP contribution in [0.2, 0.25) is 0 Å². The van der Waals surface area contributed by atoms with Gasteiger partial charge in [0.05, 0.1) is 11.1 Å². The summed E-state index contributed by atoms with van der Waals surface area (Å²) in [7, 11) is 0. The third-order valence-corrected chi connectivity index (χ3v) is 1.39. The molecule has 1 N–H and O–H groups in total. The Bertz CT molecular complexity index is 406. The van der Waals surface area contributed by atoms with Crippen LogP contribution >= 0.6 is 0 Å². The summed E-state index contributed by atoms with van der Waals surface area (Å²) in [4.78, 5) is 24.4. The van der Waals surface area contributed by atoms with E-state index in [1.165, 1.54) is 0 Å². The van der Waals surface area contributed by atoms with Crippen molar-refractivity contribution in [2.24, 2.45) is 0 Å². The van der Waals surface area contributed by atoms with Gasteiger partial charge in [-0.05, 0) is 6.07 Å². The Balaban J connectivity index is 3.36. The molecule has 5 nitrogen and oxygen atoms in total. The van der Waals surface area contributed by atoms with E-state index in [0.29, 0.717) is 6.29 Å². The lowest BCUT2D eigenvalue weighted by Crippen LogP contribution is -2.04. The molecule has 0 saturated heterocycles. The van der Waals surface area contributed by atoms with Gasteiger partial charge in [-0.15, -0.1) is 0 Å². The first-order chi connectivity index (χ1) is 6.19. The van der Waals surface area contributed by atoms with Gasteiger partial charge in [0.25, 0.3) is 0 Å². The largest absolute Gasteiger partial charge is 0.478 e. The minimum atomic E-state index is -1.27. The van der Waals surface area contributed by atoms with Crippen LogP contribution in [0, 0.1) is 11.3 Å². The Labute approximate surface area is 73.3 Å². The molecule has 0 aliphatic carbocycles. The predicted octanol–water partition coefficient (Wildman–Crippen LogP) is 0.464. The number of aromatic nitrogens is 1. The molecule has 0 spiro atoms. The molecule has 0 aromatic carbocycles. The van der Waals surface area contributed by atoms with Crippen LogP contribution in [0.1, 0.15) is 26.4 Å². The lowest BCUT2D eigenvalue weighted by atomic mass is 10.1. The molecule has 1 aromatic heterocycles. The van der Waals surface area contributed by atoms with Gasteiger partial charge in [-0.2, -0.15) is 5.26 Å². The molecule has 0 radical (unpaired) electrons. The van der Waals surface area contributed by atoms with Crippen molar-refractivity contribution in [3.8, 4) is 6.07 Å². The summed E-state index contributed by atoms with van der Waals surface area (Å²) in [5.41, 5.74) is -0.316. The second kappa shape index (κ2) is 3.45. The first kappa shape index (κ1) is 8.87. The minimum Gasteiger partial charge on any atom is -0.478 e. The summed E-state index contributed by atoms with van der Waals surface area (Å²) in [6, 6.07) is 2.84. The van der Waals surface area contributed by atoms with Gasteiger partial charge in [0.1, 0.15) is 11.8 Å². The van der Waals surface area contributed by atoms with E-state index in [2.05, 4.69) is 4.98 Å². The molecule has 0 atom stereocenters. The number of carboxylic acids is 1. The van der Waals surface area contributed by atoms with Crippen LogP contribution in [0.5, 0.6) is 0 Å². The van der Waals surface area contributed by atoms with Gasteiger partial charge in [-0.25, -0.2) is 4.79 Å². The van der Waals surface area contributed by atoms with Crippen molar-refractivity contribution >= 4 is 12.3 Å². The molecule has 0 aliphatic rings. The lowest BCUT2D eigenvalue weighted by Gasteiger charge is -1.97. The number of hydrogen-bond donors (Lipinski definition) is 1. The molecule has 0 bridgehead atoms. The maximum Gasteiger partial charge on any atom is 0.338 e. The fourth-order valence-corrected chi connectivity index (χ4v) is 0.802. The highest BCUT2D eigenvalue weighted by molar-refractivity contribution is 5.96. The van der Waals surface area contributed by atoms with Gasteiger partial charge in [0.2, 0.25) is 0 Å². The number of pyridine rings is 1. The Morgan fingerprint density at radius 2 is 2.38 bits per heavy atom. The molecule has 1 heterocycles. The second-order valence-corrected chi connectivity index (χ2v) is 2.19. The number of aldehydes is 1. The van der Waals surface area contributed by atoms with Gasteiger partial charge in [-0.1, -0.05) is 0 Å². The smallest absolute Gasteiger partial charge is 0.338 e. The van der Waals surface area contributed by atoms with Crippen LogP contribution in [-0.2, 0) is 0 Å². The van der Waals surface area contributed by atoms with E-state index < -0.39 is 5.97 Å². The van der Waals surface area contributed by atoms with E-state index in [4.69, 9.17) is 10.4 Å². The molecular weight excluding hydrogens is 172 g/mol. The molecule has 0 saturated carbocycles. The summed E-state index contributed by atoms with van der Waals surface area (Å²) < 4.78 is 0. The Morgan fingerprint density at radius 1 is 1.69 bits per heavy atom. The highest BCUT2D eigenvalue weighted by Gasteiger charge is 2.11. The van der Waals surface area contributed by atoms with E-state index in [-0.39, 0.29) is 16.8 Å². The van der Waals surface area contributed by atoms with Gasteiger partial charge < -0.3 is 5.11 Å². The minimum absolute atomic E-state index is 0.114. The molecule has 0 amide bonds. The molecule has 1 rings (SSSR count). The number of carboxylic acid groups (broad SMARTS) is 1. The monoisotopic (exact) mass is 176 g/mol. The molecular formula is C8H4N2O3. The zero-order valence-corrected chi connectivity index (χ0v) is 6.39. The van der Waals surface area contributed by atoms with E-state index in [1.807, 2.05) is 0 Å². The summed E-state index contributed by atoms with van der Waals surface area (Å²) >= 11 is 0. The topological polar surface area (TPSA) is 91.0 Å². The van der Waals surface area contributed by atoms with Gasteiger partial charge in [0.15, 0.2) is 6.29 Å². The van der Waals surface area contributed by atoms with Crippen molar-refractivity contribution in [1.29, 1.82) is 5.26 Å². The Hall–Kier alpha value is -2.22. The fraction of sp³-hybridized carbons (Fsp3) is 0. The maximum absolute atomic E-state index is 10.5. The third-order valence-electron chi connectivity index (χ3n) is 1.39. The third kappa shape index (κ3) is 1.68. The van der Waals surface area contributed by atoms with Gasteiger partial charge >= 0.3 is 5.97 Å². The molecule has 64 valence electrons. The van der Waals surface area contributed by atoms with Crippen molar-refractivity contribution in [2.45, 2.75) is 0 Å². The van der Waals surface area contributed by atoms with Crippen LogP contribution < -0.4 is 0 Å². The van der Waals surface area contributed by atoms with Crippen LogP contribution in [0.3, 0.4) is 0 Å². The zero-order valence-electron chi connectivity index (χ0n) is 6.39. The lowest BCUT2D eigenvalue weighted by molar-refractivity contribution is 0.0693. The second-order valence-electron chi connectivity index (χ2n) is 2.19. The average Bonchev–Trinajstić information content (AvgIpc) is 2.16. The van der Waals surface area contributed by atoms with Crippen molar-refractivity contribution in [2.75, 3.05) is 0 Å². The van der Waals surface area contributed by atoms with Gasteiger partial charge in [0, 0.05) is 6.20 Å². The Kier molecular flexibility index (Phi) is 2.36. The zero-order chi connectivity index (χ0) is 9.84. The van der Waals surface area contributed by atoms with Crippen molar-refractivity contribution in [3.05, 3.63) is 29.1 Å². The number of aromatic carboxylic acids is 1. The van der Waals surface area contributed by atoms with E-state index in [1.54, 1.807) is 6.07 Å². The highest BCUT2D eigenvalue weighted by Crippen LogP contribution is 2.06. The molecule has 0 aliphatic heterocycles. The predicted molar refractivity (Wildman–Crippen MR) is 41.3 cm³/mol. The fourth-order valence-electron chi connectivity index (χ4n) is 0.802. The first-order valence-corrected chi connectivity index (χ1v) is 3.27. The number of hydrogen-bond acceptors (Lipinski definition) is 4. The quantitative estimate of drug-likeness (QED) is 0.661. The van der Waals surface area contributed by atoms with E-state index in [0.717, 1.165) is 12.3 Å². The van der Waals surface area contributed by atoms with Crippen LogP contribution in [0.25, 0.3) is 0 Å². The number of nitrogens with zero attached hydrogens (tertiary/aromatic N) is 2. The summed E-state index contributed by atoms with van der Waals surface area (Å²) in [5.74, 6) is -1.27. The first-order valence-electron chi connectivity index (χ1n) is 3.27. The highest BCUT2D eigenvalue weighted by atomic mass is 16.4. The number of rotatable bonds is 2. The summed E-state index contributed by atoms with van der Waals surface area (Å²) in [6.07, 6.45) is 1.49. The van der Waals surface area contributed by atoms with Crippen LogP contribution in [-0.4, -0.2) is 22.3 Å².